The molecular weight excluding hydrogens is 302 g/mol. The molecule has 0 N–H and O–H groups in total. The number of allylic oxidation sites excluding steroid dienone is 12. The molecule has 2 atom stereocenters. The molecule has 2 rings (SSSR count). The molecule has 2 aliphatic rings. The largest absolute Gasteiger partial charge is 0.289 e. The summed E-state index contributed by atoms with van der Waals surface area (Å²) in [5.74, 6) is 0.548. The van der Waals surface area contributed by atoms with E-state index in [1.807, 2.05) is 49.6 Å². The van der Waals surface area contributed by atoms with Gasteiger partial charge >= 0.3 is 0 Å². The molecule has 2 unspecified atom stereocenters. The van der Waals surface area contributed by atoms with Gasteiger partial charge in [0.15, 0.2) is 0 Å². The normalized spacial score (nSPS) is 23.7. The Kier molecular flexibility index (Phi) is 6.18. The van der Waals surface area contributed by atoms with Gasteiger partial charge in [-0.3, -0.25) is 4.99 Å². The van der Waals surface area contributed by atoms with E-state index in [-0.39, 0.29) is 0 Å². The maximum absolute atomic E-state index is 7.17. The van der Waals surface area contributed by atoms with Gasteiger partial charge in [-0.25, -0.2) is 0 Å². The van der Waals surface area contributed by atoms with Crippen LogP contribution in [0.15, 0.2) is 89.1 Å². The first kappa shape index (κ1) is 17.5. The molecule has 0 spiro atoms. The molecule has 0 saturated heterocycles. The molecule has 0 amide bonds. The fourth-order valence-corrected chi connectivity index (χ4v) is 2.97. The Balaban J connectivity index is 2.46. The lowest BCUT2D eigenvalue weighted by atomic mass is 9.80. The van der Waals surface area contributed by atoms with Crippen molar-refractivity contribution in [1.82, 2.24) is 0 Å². The van der Waals surface area contributed by atoms with Crippen LogP contribution in [0.3, 0.4) is 0 Å². The van der Waals surface area contributed by atoms with Gasteiger partial charge in [0.25, 0.3) is 0 Å². The Morgan fingerprint density at radius 3 is 2.87 bits per heavy atom. The van der Waals surface area contributed by atoms with Gasteiger partial charge < -0.3 is 0 Å². The van der Waals surface area contributed by atoms with Crippen LogP contribution in [-0.4, -0.2) is 17.6 Å². The molecule has 1 aliphatic carbocycles. The van der Waals surface area contributed by atoms with E-state index < -0.39 is 4.87 Å². The van der Waals surface area contributed by atoms with E-state index in [0.29, 0.717) is 12.5 Å². The van der Waals surface area contributed by atoms with Crippen molar-refractivity contribution >= 4 is 17.8 Å². The number of halogens is 1. The van der Waals surface area contributed by atoms with Gasteiger partial charge in [-0.2, -0.15) is 0 Å². The number of nitrogens with zero attached hydrogens (tertiary/aromatic N) is 1. The van der Waals surface area contributed by atoms with Gasteiger partial charge in [0.1, 0.15) is 4.87 Å². The fraction of sp³-hybridized carbons (Fsp3) is 0.286. The highest BCUT2D eigenvalue weighted by Crippen LogP contribution is 2.43. The zero-order chi connectivity index (χ0) is 16.7. The van der Waals surface area contributed by atoms with E-state index >= 15 is 0 Å². The molecule has 2 heteroatoms. The van der Waals surface area contributed by atoms with Crippen LogP contribution in [0.5, 0.6) is 0 Å². The van der Waals surface area contributed by atoms with Gasteiger partial charge in [-0.1, -0.05) is 68.2 Å². The molecule has 0 bridgehead atoms. The number of hydrogen-bond acceptors (Lipinski definition) is 1. The van der Waals surface area contributed by atoms with Gasteiger partial charge in [-0.15, -0.1) is 11.6 Å². The fourth-order valence-electron chi connectivity index (χ4n) is 2.64. The number of hydrogen-bond donors (Lipinski definition) is 0. The van der Waals surface area contributed by atoms with Gasteiger partial charge in [0.2, 0.25) is 0 Å². The van der Waals surface area contributed by atoms with Crippen molar-refractivity contribution in [3.63, 3.8) is 0 Å². The van der Waals surface area contributed by atoms with Crippen molar-refractivity contribution < 1.29 is 0 Å². The minimum Gasteiger partial charge on any atom is -0.289 e. The summed E-state index contributed by atoms with van der Waals surface area (Å²) in [7, 11) is 0. The number of aliphatic imine (C=N–C) groups is 1. The highest BCUT2D eigenvalue weighted by Gasteiger charge is 2.36. The minimum atomic E-state index is -0.762. The summed E-state index contributed by atoms with van der Waals surface area (Å²) < 4.78 is 0. The monoisotopic (exact) mass is 325 g/mol. The van der Waals surface area contributed by atoms with Crippen molar-refractivity contribution in [3.05, 3.63) is 84.1 Å². The van der Waals surface area contributed by atoms with Crippen LogP contribution in [0.4, 0.5) is 0 Å². The van der Waals surface area contributed by atoms with Crippen molar-refractivity contribution in [3.8, 4) is 0 Å². The van der Waals surface area contributed by atoms with Crippen molar-refractivity contribution in [2.75, 3.05) is 6.54 Å². The van der Waals surface area contributed by atoms with E-state index in [9.17, 15) is 0 Å². The standard InChI is InChI=1S/C21H24ClN/c1-4-5-6-8-18(3)21(22,19-9-7-15-23-16-14-19)20-12-10-17(2)11-13-20/h4-10,12-14,16-17H,3,11,15H2,1-2H3. The minimum absolute atomic E-state index is 0.548. The Morgan fingerprint density at radius 1 is 1.35 bits per heavy atom. The molecule has 1 nitrogen and oxygen atoms in total. The van der Waals surface area contributed by atoms with Crippen molar-refractivity contribution in [2.24, 2.45) is 10.9 Å². The molecule has 23 heavy (non-hydrogen) atoms. The van der Waals surface area contributed by atoms with Gasteiger partial charge in [0, 0.05) is 6.21 Å². The van der Waals surface area contributed by atoms with Crippen LogP contribution in [0.25, 0.3) is 0 Å². The zero-order valence-corrected chi connectivity index (χ0v) is 14.6. The third-order valence-electron chi connectivity index (χ3n) is 4.02. The average molecular weight is 326 g/mol. The average Bonchev–Trinajstić information content (AvgIpc) is 2.84. The smallest absolute Gasteiger partial charge is 0.119 e. The van der Waals surface area contributed by atoms with Gasteiger partial charge in [0.05, 0.1) is 6.54 Å². The highest BCUT2D eigenvalue weighted by molar-refractivity contribution is 6.31. The first-order chi connectivity index (χ1) is 11.1. The molecule has 1 aliphatic heterocycles. The third kappa shape index (κ3) is 4.11. The van der Waals surface area contributed by atoms with Crippen LogP contribution in [0, 0.1) is 5.92 Å². The summed E-state index contributed by atoms with van der Waals surface area (Å²) in [4.78, 5) is 3.52. The lowest BCUT2D eigenvalue weighted by Gasteiger charge is -2.32. The SMILES string of the molecule is C=C(C=CC=CC)C(Cl)(C1=CC=NCC=C1)C1=CCC(C)C=C1. The Labute approximate surface area is 144 Å². The van der Waals surface area contributed by atoms with Crippen molar-refractivity contribution in [2.45, 2.75) is 25.1 Å². The maximum atomic E-state index is 7.17. The molecule has 0 saturated carbocycles. The predicted octanol–water partition coefficient (Wildman–Crippen LogP) is 5.74. The summed E-state index contributed by atoms with van der Waals surface area (Å²) in [5.41, 5.74) is 2.94. The second-order valence-corrected chi connectivity index (χ2v) is 6.41. The topological polar surface area (TPSA) is 12.4 Å². The Bertz CT molecular complexity index is 655. The lowest BCUT2D eigenvalue weighted by Crippen LogP contribution is -2.28. The number of alkyl halides is 1. The molecule has 120 valence electrons. The summed E-state index contributed by atoms with van der Waals surface area (Å²) >= 11 is 7.17. The summed E-state index contributed by atoms with van der Waals surface area (Å²) in [5, 5.41) is 0. The van der Waals surface area contributed by atoms with Crippen LogP contribution >= 0.6 is 11.6 Å². The quantitative estimate of drug-likeness (QED) is 0.451. The molecule has 0 aromatic carbocycles. The predicted molar refractivity (Wildman–Crippen MR) is 103 cm³/mol. The lowest BCUT2D eigenvalue weighted by molar-refractivity contribution is 0.721. The van der Waals surface area contributed by atoms with Crippen LogP contribution in [-0.2, 0) is 0 Å². The maximum Gasteiger partial charge on any atom is 0.119 e. The second kappa shape index (κ2) is 8.12. The van der Waals surface area contributed by atoms with Crippen LogP contribution in [0.1, 0.15) is 20.3 Å². The zero-order valence-electron chi connectivity index (χ0n) is 13.9. The van der Waals surface area contributed by atoms with E-state index in [1.54, 1.807) is 0 Å². The Morgan fingerprint density at radius 2 is 2.17 bits per heavy atom. The highest BCUT2D eigenvalue weighted by atomic mass is 35.5. The molecule has 0 fully saturated rings. The van der Waals surface area contributed by atoms with Gasteiger partial charge in [-0.05, 0) is 42.1 Å². The van der Waals surface area contributed by atoms with Crippen LogP contribution in [0.2, 0.25) is 0 Å². The third-order valence-corrected chi connectivity index (χ3v) is 4.70. The van der Waals surface area contributed by atoms with E-state index in [4.69, 9.17) is 11.6 Å². The second-order valence-electron chi connectivity index (χ2n) is 5.84. The summed E-state index contributed by atoms with van der Waals surface area (Å²) in [6.07, 6.45) is 23.4. The summed E-state index contributed by atoms with van der Waals surface area (Å²) in [6, 6.07) is 0. The van der Waals surface area contributed by atoms with E-state index in [0.717, 1.165) is 23.1 Å². The number of rotatable bonds is 5. The first-order valence-corrected chi connectivity index (χ1v) is 8.40. The van der Waals surface area contributed by atoms with E-state index in [2.05, 4.69) is 42.8 Å². The van der Waals surface area contributed by atoms with E-state index in [1.165, 1.54) is 0 Å². The molecule has 0 radical (unpaired) electrons. The molecular formula is C21H24ClN. The molecule has 1 heterocycles. The Hall–Kier alpha value is -1.86. The first-order valence-electron chi connectivity index (χ1n) is 8.02. The van der Waals surface area contributed by atoms with Crippen LogP contribution < -0.4 is 0 Å². The molecule has 0 aromatic heterocycles. The van der Waals surface area contributed by atoms with Crippen molar-refractivity contribution in [1.29, 1.82) is 0 Å². The summed E-state index contributed by atoms with van der Waals surface area (Å²) in [6.45, 7) is 9.13. The molecule has 0 aromatic rings.